The predicted octanol–water partition coefficient (Wildman–Crippen LogP) is 6.45. The Labute approximate surface area is 218 Å². The van der Waals surface area contributed by atoms with Crippen molar-refractivity contribution in [2.75, 3.05) is 18.4 Å². The monoisotopic (exact) mass is 556 g/mol. The Bertz CT molecular complexity index is 1260. The molecule has 190 valence electrons. The minimum Gasteiger partial charge on any atom is -0.444 e. The van der Waals surface area contributed by atoms with Gasteiger partial charge in [-0.05, 0) is 70.9 Å². The summed E-state index contributed by atoms with van der Waals surface area (Å²) in [5.41, 5.74) is 2.61. The molecule has 36 heavy (non-hydrogen) atoms. The van der Waals surface area contributed by atoms with E-state index in [1.807, 2.05) is 52.0 Å². The zero-order valence-electron chi connectivity index (χ0n) is 20.8. The van der Waals surface area contributed by atoms with Crippen LogP contribution in [0.3, 0.4) is 0 Å². The molecular weight excluding hydrogens is 527 g/mol. The van der Waals surface area contributed by atoms with Crippen molar-refractivity contribution in [3.05, 3.63) is 75.8 Å². The van der Waals surface area contributed by atoms with Crippen LogP contribution in [0.2, 0.25) is 0 Å². The van der Waals surface area contributed by atoms with Gasteiger partial charge in [-0.2, -0.15) is 5.10 Å². The number of carbonyl (C=O) groups is 2. The van der Waals surface area contributed by atoms with E-state index < -0.39 is 17.3 Å². The van der Waals surface area contributed by atoms with Crippen molar-refractivity contribution in [1.82, 2.24) is 14.7 Å². The third-order valence-corrected chi connectivity index (χ3v) is 6.54. The predicted molar refractivity (Wildman–Crippen MR) is 140 cm³/mol. The van der Waals surface area contributed by atoms with Crippen LogP contribution in [0.25, 0.3) is 5.69 Å². The average molecular weight is 557 g/mol. The summed E-state index contributed by atoms with van der Waals surface area (Å²) in [6.45, 7) is 8.54. The van der Waals surface area contributed by atoms with Crippen molar-refractivity contribution in [3.63, 3.8) is 0 Å². The first kappa shape index (κ1) is 25.9. The number of nitrogens with zero attached hydrogens (tertiary/aromatic N) is 3. The average Bonchev–Trinajstić information content (AvgIpc) is 3.25. The lowest BCUT2D eigenvalue weighted by Gasteiger charge is -2.34. The van der Waals surface area contributed by atoms with Crippen LogP contribution < -0.4 is 5.32 Å². The number of hydrogen-bond acceptors (Lipinski definition) is 4. The van der Waals surface area contributed by atoms with Gasteiger partial charge in [0.2, 0.25) is 0 Å². The fourth-order valence-electron chi connectivity index (χ4n) is 4.26. The molecule has 1 fully saturated rings. The Hall–Kier alpha value is -3.20. The van der Waals surface area contributed by atoms with Gasteiger partial charge in [-0.3, -0.25) is 4.79 Å². The molecule has 9 heteroatoms. The molecule has 2 aromatic carbocycles. The van der Waals surface area contributed by atoms with Gasteiger partial charge in [0.15, 0.2) is 0 Å². The summed E-state index contributed by atoms with van der Waals surface area (Å²) in [4.78, 5) is 27.6. The number of carbonyl (C=O) groups excluding carboxylic acids is 2. The lowest BCUT2D eigenvalue weighted by atomic mass is 9.90. The van der Waals surface area contributed by atoms with E-state index in [1.54, 1.807) is 15.6 Å². The minimum atomic E-state index is -0.564. The summed E-state index contributed by atoms with van der Waals surface area (Å²) in [7, 11) is 0. The number of halogens is 2. The van der Waals surface area contributed by atoms with Gasteiger partial charge in [-0.25, -0.2) is 13.9 Å². The number of aromatic nitrogens is 2. The fourth-order valence-corrected chi connectivity index (χ4v) is 4.59. The van der Waals surface area contributed by atoms with Crippen LogP contribution in [-0.2, 0) is 4.74 Å². The Morgan fingerprint density at radius 3 is 2.39 bits per heavy atom. The molecule has 2 amide bonds. The lowest BCUT2D eigenvalue weighted by Crippen LogP contribution is -2.41. The highest BCUT2D eigenvalue weighted by Gasteiger charge is 2.32. The van der Waals surface area contributed by atoms with Crippen molar-refractivity contribution in [2.45, 2.75) is 52.1 Å². The molecule has 0 radical (unpaired) electrons. The van der Waals surface area contributed by atoms with Crippen molar-refractivity contribution in [3.8, 4) is 5.69 Å². The maximum absolute atomic E-state index is 14.4. The molecule has 1 aliphatic heterocycles. The molecule has 2 heterocycles. The molecule has 0 bridgehead atoms. The van der Waals surface area contributed by atoms with Crippen LogP contribution in [0.5, 0.6) is 0 Å². The summed E-state index contributed by atoms with van der Waals surface area (Å²) >= 11 is 3.23. The molecule has 3 aromatic rings. The van der Waals surface area contributed by atoms with Gasteiger partial charge < -0.3 is 15.0 Å². The second-order valence-corrected chi connectivity index (χ2v) is 10.9. The van der Waals surface area contributed by atoms with Crippen LogP contribution in [0, 0.1) is 12.7 Å². The highest BCUT2D eigenvalue weighted by molar-refractivity contribution is 9.10. The molecule has 1 aromatic heterocycles. The van der Waals surface area contributed by atoms with E-state index in [-0.39, 0.29) is 17.7 Å². The summed E-state index contributed by atoms with van der Waals surface area (Å²) in [5.74, 6) is -0.988. The van der Waals surface area contributed by atoms with Crippen LogP contribution in [0.4, 0.5) is 14.9 Å². The molecule has 0 spiro atoms. The first-order chi connectivity index (χ1) is 17.0. The van der Waals surface area contributed by atoms with Gasteiger partial charge in [0.1, 0.15) is 11.4 Å². The van der Waals surface area contributed by atoms with Crippen LogP contribution in [-0.4, -0.2) is 45.4 Å². The number of likely N-dealkylation sites (tertiary alicyclic amines) is 1. The van der Waals surface area contributed by atoms with E-state index in [0.29, 0.717) is 36.0 Å². The lowest BCUT2D eigenvalue weighted by molar-refractivity contribution is 0.0203. The molecule has 1 aliphatic rings. The van der Waals surface area contributed by atoms with Crippen molar-refractivity contribution < 1.29 is 18.7 Å². The Kier molecular flexibility index (Phi) is 7.49. The second-order valence-electron chi connectivity index (χ2n) is 10.0. The molecule has 1 N–H and O–H groups in total. The Morgan fingerprint density at radius 1 is 1.11 bits per heavy atom. The summed E-state index contributed by atoms with van der Waals surface area (Å²) in [6, 6.07) is 12.4. The zero-order chi connectivity index (χ0) is 26.0. The molecular formula is C27H30BrFN4O3. The highest BCUT2D eigenvalue weighted by Crippen LogP contribution is 2.33. The third kappa shape index (κ3) is 5.95. The SMILES string of the molecule is Cc1ccc(-n2ncc(C(=O)Nc3ccc(Br)cc3F)c2C2CCN(C(=O)OC(C)(C)C)CC2)cc1. The summed E-state index contributed by atoms with van der Waals surface area (Å²) in [5, 5.41) is 7.23. The molecule has 4 rings (SSSR count). The summed E-state index contributed by atoms with van der Waals surface area (Å²) in [6.07, 6.45) is 2.48. The van der Waals surface area contributed by atoms with E-state index in [2.05, 4.69) is 26.3 Å². The molecule has 0 saturated carbocycles. The fraction of sp³-hybridized carbons (Fsp3) is 0.370. The number of anilines is 1. The first-order valence-electron chi connectivity index (χ1n) is 11.9. The van der Waals surface area contributed by atoms with Gasteiger partial charge in [0, 0.05) is 23.5 Å². The number of ether oxygens (including phenoxy) is 1. The maximum Gasteiger partial charge on any atom is 0.410 e. The minimum absolute atomic E-state index is 0.0250. The van der Waals surface area contributed by atoms with Crippen LogP contribution >= 0.6 is 15.9 Å². The summed E-state index contributed by atoms with van der Waals surface area (Å²) < 4.78 is 22.3. The van der Waals surface area contributed by atoms with Gasteiger partial charge in [-0.15, -0.1) is 0 Å². The zero-order valence-corrected chi connectivity index (χ0v) is 22.4. The van der Waals surface area contributed by atoms with Crippen molar-refractivity contribution in [1.29, 1.82) is 0 Å². The highest BCUT2D eigenvalue weighted by atomic mass is 79.9. The maximum atomic E-state index is 14.4. The van der Waals surface area contributed by atoms with Crippen molar-refractivity contribution >= 4 is 33.6 Å². The number of piperidine rings is 1. The largest absolute Gasteiger partial charge is 0.444 e. The van der Waals surface area contributed by atoms with Gasteiger partial charge in [0.05, 0.1) is 28.8 Å². The van der Waals surface area contributed by atoms with E-state index in [9.17, 15) is 14.0 Å². The normalized spacial score (nSPS) is 14.6. The topological polar surface area (TPSA) is 76.5 Å². The van der Waals surface area contributed by atoms with E-state index in [0.717, 1.165) is 16.9 Å². The second kappa shape index (κ2) is 10.4. The van der Waals surface area contributed by atoms with Gasteiger partial charge >= 0.3 is 6.09 Å². The molecule has 0 aliphatic carbocycles. The van der Waals surface area contributed by atoms with Crippen LogP contribution in [0.1, 0.15) is 61.1 Å². The Morgan fingerprint density at radius 2 is 1.78 bits per heavy atom. The van der Waals surface area contributed by atoms with Crippen molar-refractivity contribution in [2.24, 2.45) is 0 Å². The van der Waals surface area contributed by atoms with E-state index in [4.69, 9.17) is 4.74 Å². The number of rotatable bonds is 4. The molecule has 7 nitrogen and oxygen atoms in total. The molecule has 1 saturated heterocycles. The number of hydrogen-bond donors (Lipinski definition) is 1. The first-order valence-corrected chi connectivity index (χ1v) is 12.7. The van der Waals surface area contributed by atoms with E-state index in [1.165, 1.54) is 18.3 Å². The van der Waals surface area contributed by atoms with E-state index >= 15 is 0 Å². The third-order valence-electron chi connectivity index (χ3n) is 6.04. The number of nitrogens with one attached hydrogen (secondary N) is 1. The smallest absolute Gasteiger partial charge is 0.410 e. The molecule has 0 atom stereocenters. The quantitative estimate of drug-likeness (QED) is 0.400. The van der Waals surface area contributed by atoms with Crippen LogP contribution in [0.15, 0.2) is 53.1 Å². The van der Waals surface area contributed by atoms with Gasteiger partial charge in [0.25, 0.3) is 5.91 Å². The Balaban J connectivity index is 1.62. The molecule has 0 unspecified atom stereocenters. The number of aryl methyl sites for hydroxylation is 1. The number of amides is 2. The van der Waals surface area contributed by atoms with Gasteiger partial charge in [-0.1, -0.05) is 33.6 Å². The number of benzene rings is 2. The standard InChI is InChI=1S/C27H30BrFN4O3/c1-17-5-8-20(9-6-17)33-24(18-11-13-32(14-12-18)26(35)36-27(2,3)4)21(16-30-33)25(34)31-23-10-7-19(28)15-22(23)29/h5-10,15-16,18H,11-14H2,1-4H3,(H,31,34).